The predicted molar refractivity (Wildman–Crippen MR) is 155 cm³/mol. The minimum absolute atomic E-state index is 0.00868. The van der Waals surface area contributed by atoms with E-state index in [9.17, 15) is 10.2 Å². The van der Waals surface area contributed by atoms with Gasteiger partial charge in [0.1, 0.15) is 11.5 Å². The summed E-state index contributed by atoms with van der Waals surface area (Å²) in [5.41, 5.74) is 3.78. The molecule has 1 aliphatic rings. The van der Waals surface area contributed by atoms with Crippen LogP contribution in [0.15, 0.2) is 29.3 Å². The van der Waals surface area contributed by atoms with Gasteiger partial charge in [-0.15, -0.1) is 0 Å². The summed E-state index contributed by atoms with van der Waals surface area (Å²) in [6.07, 6.45) is 4.09. The van der Waals surface area contributed by atoms with Crippen molar-refractivity contribution in [1.29, 1.82) is 0 Å². The van der Waals surface area contributed by atoms with Crippen molar-refractivity contribution in [3.63, 3.8) is 0 Å². The van der Waals surface area contributed by atoms with E-state index in [1.807, 2.05) is 12.3 Å². The second-order valence-corrected chi connectivity index (χ2v) is 13.5. The zero-order valence-electron chi connectivity index (χ0n) is 20.5. The molecule has 0 radical (unpaired) electrons. The number of aliphatic imine (C=N–C) groups is 1. The Morgan fingerprint density at radius 3 is 2.33 bits per heavy atom. The number of hydrogen-bond donors (Lipinski definition) is 2. The van der Waals surface area contributed by atoms with Gasteiger partial charge in [0.25, 0.3) is 0 Å². The van der Waals surface area contributed by atoms with Crippen LogP contribution in [0.4, 0.5) is 0 Å². The highest BCUT2D eigenvalue weighted by Crippen LogP contribution is 2.37. The van der Waals surface area contributed by atoms with E-state index in [0.29, 0.717) is 24.1 Å². The topological polar surface area (TPSA) is 56.1 Å². The smallest absolute Gasteiger partial charge is 0.133 e. The van der Waals surface area contributed by atoms with Crippen LogP contribution in [0.5, 0.6) is 11.5 Å². The standard InChI is InChI=1S/C27H36I2N2O2/c1-26(2,3)19-10-17(24(32)22(12-19)27(4,5)6)14-30-15-21-8-7-9-31(21)16-18-11-20(28)13-23(29)25(18)33/h10-14,21,32-33H,7-9,15-16H2,1-6H3. The summed E-state index contributed by atoms with van der Waals surface area (Å²) in [5.74, 6) is 0.727. The minimum Gasteiger partial charge on any atom is -0.507 e. The van der Waals surface area contributed by atoms with Crippen LogP contribution in [-0.4, -0.2) is 40.5 Å². The van der Waals surface area contributed by atoms with Crippen molar-refractivity contribution in [3.8, 4) is 11.5 Å². The maximum absolute atomic E-state index is 11.0. The predicted octanol–water partition coefficient (Wildman–Crippen LogP) is 6.99. The van der Waals surface area contributed by atoms with E-state index in [2.05, 4.69) is 110 Å². The summed E-state index contributed by atoms with van der Waals surface area (Å²) in [5, 5.41) is 21.5. The van der Waals surface area contributed by atoms with Crippen LogP contribution in [0.1, 0.15) is 76.6 Å². The van der Waals surface area contributed by atoms with Gasteiger partial charge in [-0.3, -0.25) is 9.89 Å². The van der Waals surface area contributed by atoms with Gasteiger partial charge in [0.15, 0.2) is 0 Å². The summed E-state index contributed by atoms with van der Waals surface area (Å²) in [7, 11) is 0. The first-order valence-corrected chi connectivity index (χ1v) is 13.7. The number of likely N-dealkylation sites (tertiary alicyclic amines) is 1. The number of halogens is 2. The highest BCUT2D eigenvalue weighted by molar-refractivity contribution is 14.1. The van der Waals surface area contributed by atoms with Crippen molar-refractivity contribution >= 4 is 51.4 Å². The zero-order chi connectivity index (χ0) is 24.6. The molecule has 3 rings (SSSR count). The first kappa shape index (κ1) is 26.7. The normalized spacial score (nSPS) is 17.9. The van der Waals surface area contributed by atoms with Gasteiger partial charge in [0, 0.05) is 39.1 Å². The summed E-state index contributed by atoms with van der Waals surface area (Å²) in [6.45, 7) is 15.4. The molecule has 0 spiro atoms. The van der Waals surface area contributed by atoms with Crippen molar-refractivity contribution in [1.82, 2.24) is 4.90 Å². The van der Waals surface area contributed by atoms with Gasteiger partial charge in [-0.1, -0.05) is 47.6 Å². The van der Waals surface area contributed by atoms with Gasteiger partial charge in [-0.05, 0) is 99.2 Å². The molecule has 4 nitrogen and oxygen atoms in total. The van der Waals surface area contributed by atoms with Crippen molar-refractivity contribution < 1.29 is 10.2 Å². The molecule has 1 unspecified atom stereocenters. The average Bonchev–Trinajstić information content (AvgIpc) is 3.12. The zero-order valence-corrected chi connectivity index (χ0v) is 24.9. The molecule has 0 amide bonds. The lowest BCUT2D eigenvalue weighted by molar-refractivity contribution is 0.247. The van der Waals surface area contributed by atoms with Gasteiger partial charge >= 0.3 is 0 Å². The van der Waals surface area contributed by atoms with Gasteiger partial charge < -0.3 is 10.2 Å². The Morgan fingerprint density at radius 2 is 1.70 bits per heavy atom. The van der Waals surface area contributed by atoms with Gasteiger partial charge in [-0.2, -0.15) is 0 Å². The van der Waals surface area contributed by atoms with Crippen LogP contribution >= 0.6 is 45.2 Å². The van der Waals surface area contributed by atoms with E-state index in [1.165, 1.54) is 5.56 Å². The van der Waals surface area contributed by atoms with Crippen LogP contribution in [0.3, 0.4) is 0 Å². The monoisotopic (exact) mass is 674 g/mol. The van der Waals surface area contributed by atoms with Crippen molar-refractivity contribution in [2.45, 2.75) is 77.8 Å². The Balaban J connectivity index is 1.80. The Hall–Kier alpha value is -0.870. The first-order valence-electron chi connectivity index (χ1n) is 11.6. The fraction of sp³-hybridized carbons (Fsp3) is 0.519. The minimum atomic E-state index is -0.150. The van der Waals surface area contributed by atoms with Crippen molar-refractivity contribution in [2.24, 2.45) is 4.99 Å². The molecule has 180 valence electrons. The fourth-order valence-corrected chi connectivity index (χ4v) is 6.27. The molecular formula is C27H36I2N2O2. The van der Waals surface area contributed by atoms with E-state index in [-0.39, 0.29) is 10.8 Å². The first-order chi connectivity index (χ1) is 15.3. The van der Waals surface area contributed by atoms with Gasteiger partial charge in [0.2, 0.25) is 0 Å². The lowest BCUT2D eigenvalue weighted by atomic mass is 9.79. The Bertz CT molecular complexity index is 1040. The summed E-state index contributed by atoms with van der Waals surface area (Å²) in [4.78, 5) is 7.21. The molecule has 0 aliphatic carbocycles. The third-order valence-corrected chi connectivity index (χ3v) is 7.78. The molecule has 1 aliphatic heterocycles. The van der Waals surface area contributed by atoms with Crippen LogP contribution in [0.25, 0.3) is 0 Å². The molecule has 0 bridgehead atoms. The number of hydrogen-bond acceptors (Lipinski definition) is 4. The molecule has 33 heavy (non-hydrogen) atoms. The van der Waals surface area contributed by atoms with Crippen molar-refractivity contribution in [2.75, 3.05) is 13.1 Å². The molecule has 1 atom stereocenters. The Labute approximate surface area is 226 Å². The van der Waals surface area contributed by atoms with Crippen LogP contribution in [0.2, 0.25) is 0 Å². The summed E-state index contributed by atoms with van der Waals surface area (Å²) < 4.78 is 2.04. The summed E-state index contributed by atoms with van der Waals surface area (Å²) >= 11 is 4.50. The molecule has 2 aromatic carbocycles. The van der Waals surface area contributed by atoms with Gasteiger partial charge in [-0.25, -0.2) is 0 Å². The molecule has 1 heterocycles. The highest BCUT2D eigenvalue weighted by Gasteiger charge is 2.26. The Kier molecular flexibility index (Phi) is 8.42. The van der Waals surface area contributed by atoms with Gasteiger partial charge in [0.05, 0.1) is 10.1 Å². The second-order valence-electron chi connectivity index (χ2n) is 11.1. The van der Waals surface area contributed by atoms with E-state index in [4.69, 9.17) is 4.99 Å². The van der Waals surface area contributed by atoms with Crippen LogP contribution in [-0.2, 0) is 17.4 Å². The number of nitrogens with zero attached hydrogens (tertiary/aromatic N) is 2. The Morgan fingerprint density at radius 1 is 1.00 bits per heavy atom. The maximum atomic E-state index is 11.0. The molecule has 2 N–H and O–H groups in total. The largest absolute Gasteiger partial charge is 0.507 e. The molecule has 1 saturated heterocycles. The molecule has 0 aromatic heterocycles. The maximum Gasteiger partial charge on any atom is 0.133 e. The molecule has 0 saturated carbocycles. The van der Waals surface area contributed by atoms with E-state index < -0.39 is 0 Å². The second kappa shape index (κ2) is 10.4. The van der Waals surface area contributed by atoms with E-state index >= 15 is 0 Å². The van der Waals surface area contributed by atoms with Crippen LogP contribution < -0.4 is 0 Å². The molecule has 6 heteroatoms. The third-order valence-electron chi connectivity index (χ3n) is 6.34. The van der Waals surface area contributed by atoms with Crippen molar-refractivity contribution in [3.05, 3.63) is 53.7 Å². The average molecular weight is 674 g/mol. The third kappa shape index (κ3) is 6.63. The number of phenols is 2. The molecular weight excluding hydrogens is 638 g/mol. The highest BCUT2D eigenvalue weighted by atomic mass is 127. The summed E-state index contributed by atoms with van der Waals surface area (Å²) in [6, 6.07) is 8.62. The number of aromatic hydroxyl groups is 2. The quantitative estimate of drug-likeness (QED) is 0.266. The van der Waals surface area contributed by atoms with E-state index in [1.54, 1.807) is 0 Å². The number of phenolic OH excluding ortho intramolecular Hbond substituents is 2. The number of rotatable bonds is 5. The lowest BCUT2D eigenvalue weighted by Crippen LogP contribution is -2.31. The fourth-order valence-electron chi connectivity index (χ4n) is 4.30. The lowest BCUT2D eigenvalue weighted by Gasteiger charge is -2.27. The SMILES string of the molecule is CC(C)(C)c1cc(C=NCC2CCCN2Cc2cc(I)cc(I)c2O)c(O)c(C(C)(C)C)c1. The molecule has 1 fully saturated rings. The van der Waals surface area contributed by atoms with E-state index in [0.717, 1.165) is 49.8 Å². The molecule has 2 aromatic rings. The van der Waals surface area contributed by atoms with Crippen LogP contribution in [0, 0.1) is 7.14 Å². The number of benzene rings is 2.